The first kappa shape index (κ1) is 39.7. The van der Waals surface area contributed by atoms with E-state index in [1.165, 1.54) is 47.8 Å². The molecule has 51 heavy (non-hydrogen) atoms. The van der Waals surface area contributed by atoms with Gasteiger partial charge >= 0.3 is 6.09 Å². The predicted molar refractivity (Wildman–Crippen MR) is 198 cm³/mol. The summed E-state index contributed by atoms with van der Waals surface area (Å²) in [6.07, 6.45) is 0.237. The average molecular weight is 784 g/mol. The van der Waals surface area contributed by atoms with Gasteiger partial charge in [0, 0.05) is 61.2 Å². The number of hydrogen-bond donors (Lipinski definition) is 3. The number of alkyl carbamates (subject to hydrolysis) is 1. The molecule has 0 spiro atoms. The number of rotatable bonds is 11. The van der Waals surface area contributed by atoms with Gasteiger partial charge in [-0.25, -0.2) is 21.6 Å². The van der Waals surface area contributed by atoms with Gasteiger partial charge in [0.2, 0.25) is 26.0 Å². The number of halogens is 2. The highest BCUT2D eigenvalue weighted by atomic mass is 35.5. The first-order valence-electron chi connectivity index (χ1n) is 15.7. The highest BCUT2D eigenvalue weighted by Gasteiger charge is 2.29. The third-order valence-corrected chi connectivity index (χ3v) is 11.2. The Kier molecular flexibility index (Phi) is 12.5. The van der Waals surface area contributed by atoms with Crippen LogP contribution in [0.4, 0.5) is 21.9 Å². The third-order valence-electron chi connectivity index (χ3n) is 7.63. The normalized spacial score (nSPS) is 14.1. The maximum atomic E-state index is 13.5. The van der Waals surface area contributed by atoms with Crippen LogP contribution >= 0.6 is 23.2 Å². The summed E-state index contributed by atoms with van der Waals surface area (Å²) < 4.78 is 59.1. The van der Waals surface area contributed by atoms with Crippen LogP contribution in [-0.4, -0.2) is 90.7 Å². The number of nitrogens with one attached hydrogen (secondary N) is 3. The van der Waals surface area contributed by atoms with Crippen molar-refractivity contribution in [3.05, 3.63) is 81.8 Å². The van der Waals surface area contributed by atoms with E-state index in [-0.39, 0.29) is 48.0 Å². The van der Waals surface area contributed by atoms with Gasteiger partial charge in [0.1, 0.15) is 12.1 Å². The van der Waals surface area contributed by atoms with Crippen LogP contribution in [-0.2, 0) is 36.1 Å². The summed E-state index contributed by atoms with van der Waals surface area (Å²) in [6.45, 7) is 6.02. The van der Waals surface area contributed by atoms with Crippen LogP contribution < -0.4 is 25.2 Å². The Morgan fingerprint density at radius 1 is 0.863 bits per heavy atom. The molecule has 0 atom stereocenters. The SMILES string of the molecule is CN(c1ccc(CNC(=O)CNC(=O)OC(C)(C)C)cc1C(=O)Nc1ccc(S(=O)(=O)N2CCN(c3cc(Cl)cc(Cl)c3)CC2)cc1)S(C)(=O)=O. The Morgan fingerprint density at radius 3 is 2.04 bits per heavy atom. The van der Waals surface area contributed by atoms with E-state index in [1.54, 1.807) is 45.0 Å². The van der Waals surface area contributed by atoms with E-state index in [4.69, 9.17) is 27.9 Å². The molecule has 0 unspecified atom stereocenters. The predicted octanol–water partition coefficient (Wildman–Crippen LogP) is 4.29. The van der Waals surface area contributed by atoms with Crippen molar-refractivity contribution < 1.29 is 36.0 Å². The van der Waals surface area contributed by atoms with Crippen LogP contribution in [0.5, 0.6) is 0 Å². The van der Waals surface area contributed by atoms with Crippen molar-refractivity contribution >= 4 is 78.2 Å². The number of carbonyl (C=O) groups excluding carboxylic acids is 3. The van der Waals surface area contributed by atoms with Crippen molar-refractivity contribution in [3.8, 4) is 0 Å². The number of sulfonamides is 2. The molecule has 18 heteroatoms. The van der Waals surface area contributed by atoms with Gasteiger partial charge in [0.25, 0.3) is 5.91 Å². The quantitative estimate of drug-likeness (QED) is 0.256. The second-order valence-corrected chi connectivity index (χ2v) is 17.5. The van der Waals surface area contributed by atoms with Gasteiger partial charge in [-0.2, -0.15) is 4.31 Å². The molecule has 4 rings (SSSR count). The van der Waals surface area contributed by atoms with Gasteiger partial charge in [-0.3, -0.25) is 13.9 Å². The minimum atomic E-state index is -3.85. The van der Waals surface area contributed by atoms with E-state index in [9.17, 15) is 31.2 Å². The third kappa shape index (κ3) is 11.0. The summed E-state index contributed by atoms with van der Waals surface area (Å²) in [5, 5.41) is 8.65. The van der Waals surface area contributed by atoms with Crippen LogP contribution in [0.25, 0.3) is 0 Å². The molecule has 276 valence electrons. The van der Waals surface area contributed by atoms with Crippen molar-refractivity contribution in [2.45, 2.75) is 37.8 Å². The van der Waals surface area contributed by atoms with Gasteiger partial charge in [-0.05, 0) is 80.9 Å². The van der Waals surface area contributed by atoms with Gasteiger partial charge in [-0.15, -0.1) is 0 Å². The molecule has 14 nitrogen and oxygen atoms in total. The molecule has 1 heterocycles. The fourth-order valence-electron chi connectivity index (χ4n) is 5.02. The zero-order valence-electron chi connectivity index (χ0n) is 28.7. The fraction of sp³-hybridized carbons (Fsp3) is 0.364. The van der Waals surface area contributed by atoms with Crippen molar-refractivity contribution in [2.75, 3.05) is 60.5 Å². The second kappa shape index (κ2) is 16.1. The Morgan fingerprint density at radius 2 is 1.47 bits per heavy atom. The van der Waals surface area contributed by atoms with Crippen LogP contribution in [0.2, 0.25) is 10.0 Å². The Bertz CT molecular complexity index is 1980. The summed E-state index contributed by atoms with van der Waals surface area (Å²) in [5.41, 5.74) is 0.868. The van der Waals surface area contributed by atoms with Crippen molar-refractivity contribution in [3.63, 3.8) is 0 Å². The van der Waals surface area contributed by atoms with E-state index in [1.807, 2.05) is 4.90 Å². The molecule has 3 aromatic rings. The van der Waals surface area contributed by atoms with Crippen molar-refractivity contribution in [1.82, 2.24) is 14.9 Å². The van der Waals surface area contributed by atoms with Gasteiger partial charge in [-0.1, -0.05) is 29.3 Å². The molecule has 1 aliphatic heterocycles. The van der Waals surface area contributed by atoms with Gasteiger partial charge in [0.15, 0.2) is 0 Å². The number of anilines is 3. The molecule has 3 N–H and O–H groups in total. The first-order valence-corrected chi connectivity index (χ1v) is 19.7. The zero-order chi connectivity index (χ0) is 37.7. The minimum absolute atomic E-state index is 0.0166. The summed E-state index contributed by atoms with van der Waals surface area (Å²) >= 11 is 12.3. The number of hydrogen-bond acceptors (Lipinski definition) is 9. The van der Waals surface area contributed by atoms with Gasteiger partial charge in [0.05, 0.1) is 22.4 Å². The summed E-state index contributed by atoms with van der Waals surface area (Å²) in [6, 6.07) is 15.3. The smallest absolute Gasteiger partial charge is 0.408 e. The molecule has 1 aliphatic rings. The zero-order valence-corrected chi connectivity index (χ0v) is 31.8. The highest BCUT2D eigenvalue weighted by Crippen LogP contribution is 2.28. The van der Waals surface area contributed by atoms with Crippen LogP contribution in [0.3, 0.4) is 0 Å². The molecule has 0 radical (unpaired) electrons. The lowest BCUT2D eigenvalue weighted by Crippen LogP contribution is -2.48. The number of ether oxygens (including phenoxy) is 1. The number of nitrogens with zero attached hydrogens (tertiary/aromatic N) is 3. The molecule has 1 fully saturated rings. The molecule has 0 saturated carbocycles. The average Bonchev–Trinajstić information content (AvgIpc) is 3.04. The molecule has 1 saturated heterocycles. The fourth-order valence-corrected chi connectivity index (χ4v) is 7.48. The van der Waals surface area contributed by atoms with Crippen LogP contribution in [0, 0.1) is 0 Å². The number of carbonyl (C=O) groups is 3. The lowest BCUT2D eigenvalue weighted by Gasteiger charge is -2.35. The first-order chi connectivity index (χ1) is 23.7. The highest BCUT2D eigenvalue weighted by molar-refractivity contribution is 7.92. The molecule has 3 amide bonds. The van der Waals surface area contributed by atoms with E-state index in [0.29, 0.717) is 28.7 Å². The topological polar surface area (TPSA) is 175 Å². The number of amides is 3. The van der Waals surface area contributed by atoms with E-state index >= 15 is 0 Å². The maximum absolute atomic E-state index is 13.5. The summed E-state index contributed by atoms with van der Waals surface area (Å²) in [7, 11) is -6.31. The Balaban J connectivity index is 1.43. The Hall–Kier alpha value is -4.09. The molecular formula is C33H40Cl2N6O8S2. The van der Waals surface area contributed by atoms with Crippen LogP contribution in [0.15, 0.2) is 65.6 Å². The minimum Gasteiger partial charge on any atom is -0.444 e. The number of piperazine rings is 1. The largest absolute Gasteiger partial charge is 0.444 e. The van der Waals surface area contributed by atoms with Crippen molar-refractivity contribution in [1.29, 1.82) is 0 Å². The lowest BCUT2D eigenvalue weighted by atomic mass is 10.1. The molecule has 0 bridgehead atoms. The lowest BCUT2D eigenvalue weighted by molar-refractivity contribution is -0.120. The summed E-state index contributed by atoms with van der Waals surface area (Å²) in [5.74, 6) is -1.19. The monoisotopic (exact) mass is 782 g/mol. The van der Waals surface area contributed by atoms with E-state index < -0.39 is 43.6 Å². The standard InChI is InChI=1S/C33H40Cl2N6O8S2/c1-33(2,3)49-32(44)37-21-30(42)36-20-22-6-11-29(39(4)50(5,45)46)28(16-22)31(43)38-25-7-9-27(10-8-25)51(47,48)41-14-12-40(13-15-41)26-18-23(34)17-24(35)19-26/h6-11,16-19H,12-15,20-21H2,1-5H3,(H,36,42)(H,37,44)(H,38,43). The van der Waals surface area contributed by atoms with E-state index in [0.717, 1.165) is 16.2 Å². The molecule has 3 aromatic carbocycles. The van der Waals surface area contributed by atoms with Gasteiger partial charge < -0.3 is 25.6 Å². The van der Waals surface area contributed by atoms with Crippen molar-refractivity contribution in [2.24, 2.45) is 0 Å². The van der Waals surface area contributed by atoms with Crippen LogP contribution in [0.1, 0.15) is 36.7 Å². The summed E-state index contributed by atoms with van der Waals surface area (Å²) in [4.78, 5) is 39.8. The second-order valence-electron chi connectivity index (χ2n) is 12.7. The number of benzene rings is 3. The van der Waals surface area contributed by atoms with E-state index in [2.05, 4.69) is 16.0 Å². The maximum Gasteiger partial charge on any atom is 0.408 e. The Labute approximate surface area is 308 Å². The molecule has 0 aromatic heterocycles. The molecular weight excluding hydrogens is 743 g/mol. The molecule has 0 aliphatic carbocycles.